The number of benzene rings is 3. The van der Waals surface area contributed by atoms with Crippen LogP contribution in [0.25, 0.3) is 21.9 Å². The maximum absolute atomic E-state index is 15.0. The van der Waals surface area contributed by atoms with Gasteiger partial charge in [0.2, 0.25) is 5.43 Å². The molecule has 0 atom stereocenters. The minimum atomic E-state index is -0.407. The number of halogens is 1. The molecule has 0 bridgehead atoms. The molecule has 2 heterocycles. The summed E-state index contributed by atoms with van der Waals surface area (Å²) in [5, 5.41) is 0.768. The molecule has 5 rings (SSSR count). The van der Waals surface area contributed by atoms with Crippen LogP contribution in [0.2, 0.25) is 0 Å². The van der Waals surface area contributed by atoms with Crippen LogP contribution in [0.4, 0.5) is 15.8 Å². The third-order valence-electron chi connectivity index (χ3n) is 5.69. The van der Waals surface area contributed by atoms with Gasteiger partial charge in [0.05, 0.1) is 29.3 Å². The molecule has 1 aromatic heterocycles. The number of rotatable bonds is 3. The number of fused-ring (bicyclic) bond motifs is 2. The Morgan fingerprint density at radius 1 is 0.867 bits per heavy atom. The number of ether oxygens (including phenoxy) is 1. The highest BCUT2D eigenvalue weighted by atomic mass is 19.1. The Morgan fingerprint density at radius 2 is 1.57 bits per heavy atom. The Balaban J connectivity index is 1.54. The highest BCUT2D eigenvalue weighted by molar-refractivity contribution is 5.97. The van der Waals surface area contributed by atoms with Crippen molar-refractivity contribution >= 4 is 33.3 Å². The van der Waals surface area contributed by atoms with E-state index in [9.17, 15) is 9.18 Å². The van der Waals surface area contributed by atoms with Crippen molar-refractivity contribution in [3.05, 3.63) is 76.7 Å². The topological polar surface area (TPSA) is 45.9 Å². The molecule has 3 aromatic carbocycles. The van der Waals surface area contributed by atoms with E-state index >= 15 is 0 Å². The quantitative estimate of drug-likeness (QED) is 0.473. The minimum absolute atomic E-state index is 0.200. The third-order valence-corrected chi connectivity index (χ3v) is 5.69. The molecule has 1 aliphatic rings. The van der Waals surface area contributed by atoms with Gasteiger partial charge < -0.3 is 19.0 Å². The van der Waals surface area contributed by atoms with Gasteiger partial charge in [-0.2, -0.15) is 0 Å². The standard InChI is InChI=1S/C24H21FN2O3/c1-29-20-9-5-3-7-18(20)26-12-14-27(15-13-26)23-17(25)10-11-21-22(23)24(28)16-6-2-4-8-19(16)30-21/h2-11H,12-15H2,1H3. The first kappa shape index (κ1) is 18.5. The Kier molecular flexibility index (Phi) is 4.54. The summed E-state index contributed by atoms with van der Waals surface area (Å²) in [6.45, 7) is 2.55. The highest BCUT2D eigenvalue weighted by Crippen LogP contribution is 2.33. The summed E-state index contributed by atoms with van der Waals surface area (Å²) in [5.41, 5.74) is 2.06. The molecule has 0 saturated carbocycles. The fraction of sp³-hybridized carbons (Fsp3) is 0.208. The van der Waals surface area contributed by atoms with E-state index in [0.29, 0.717) is 53.8 Å². The third kappa shape index (κ3) is 2.96. The zero-order valence-corrected chi connectivity index (χ0v) is 16.6. The van der Waals surface area contributed by atoms with Gasteiger partial charge in [-0.15, -0.1) is 0 Å². The van der Waals surface area contributed by atoms with Gasteiger partial charge >= 0.3 is 0 Å². The highest BCUT2D eigenvalue weighted by Gasteiger charge is 2.25. The zero-order valence-electron chi connectivity index (χ0n) is 16.6. The van der Waals surface area contributed by atoms with Crippen molar-refractivity contribution in [3.8, 4) is 5.75 Å². The van der Waals surface area contributed by atoms with Crippen LogP contribution < -0.4 is 20.0 Å². The van der Waals surface area contributed by atoms with Gasteiger partial charge in [-0.25, -0.2) is 4.39 Å². The molecule has 0 radical (unpaired) electrons. The van der Waals surface area contributed by atoms with Crippen LogP contribution in [0.5, 0.6) is 5.75 Å². The first-order valence-corrected chi connectivity index (χ1v) is 9.94. The zero-order chi connectivity index (χ0) is 20.7. The number of piperazine rings is 1. The maximum atomic E-state index is 15.0. The Morgan fingerprint density at radius 3 is 2.37 bits per heavy atom. The largest absolute Gasteiger partial charge is 0.495 e. The molecule has 30 heavy (non-hydrogen) atoms. The Hall–Kier alpha value is -3.54. The monoisotopic (exact) mass is 404 g/mol. The van der Waals surface area contributed by atoms with Crippen molar-refractivity contribution in [3.63, 3.8) is 0 Å². The summed E-state index contributed by atoms with van der Waals surface area (Å²) in [5.74, 6) is 0.408. The second-order valence-electron chi connectivity index (χ2n) is 7.34. The molecule has 0 N–H and O–H groups in total. The summed E-state index contributed by atoms with van der Waals surface area (Å²) >= 11 is 0. The fourth-order valence-electron chi connectivity index (χ4n) is 4.22. The van der Waals surface area contributed by atoms with Crippen LogP contribution in [0, 0.1) is 5.82 Å². The number of hydrogen-bond donors (Lipinski definition) is 0. The lowest BCUT2D eigenvalue weighted by Gasteiger charge is -2.38. The predicted octanol–water partition coefficient (Wildman–Crippen LogP) is 4.42. The number of para-hydroxylation sites is 3. The SMILES string of the molecule is COc1ccccc1N1CCN(c2c(F)ccc3oc4ccccc4c(=O)c23)CC1. The van der Waals surface area contributed by atoms with Crippen molar-refractivity contribution < 1.29 is 13.5 Å². The summed E-state index contributed by atoms with van der Waals surface area (Å²) in [6.07, 6.45) is 0. The van der Waals surface area contributed by atoms with Gasteiger partial charge in [0.1, 0.15) is 22.7 Å². The van der Waals surface area contributed by atoms with Crippen molar-refractivity contribution in [1.82, 2.24) is 0 Å². The fourth-order valence-corrected chi connectivity index (χ4v) is 4.22. The molecule has 1 aliphatic heterocycles. The molecule has 1 saturated heterocycles. The van der Waals surface area contributed by atoms with E-state index in [2.05, 4.69) is 4.90 Å². The summed E-state index contributed by atoms with van der Waals surface area (Å²) in [6, 6.07) is 17.9. The van der Waals surface area contributed by atoms with Crippen LogP contribution in [-0.2, 0) is 0 Å². The maximum Gasteiger partial charge on any atom is 0.202 e. The van der Waals surface area contributed by atoms with E-state index in [1.54, 1.807) is 25.3 Å². The van der Waals surface area contributed by atoms with Crippen molar-refractivity contribution in [2.75, 3.05) is 43.1 Å². The molecule has 0 amide bonds. The van der Waals surface area contributed by atoms with E-state index < -0.39 is 5.82 Å². The minimum Gasteiger partial charge on any atom is -0.495 e. The van der Waals surface area contributed by atoms with Crippen LogP contribution in [0.1, 0.15) is 0 Å². The van der Waals surface area contributed by atoms with Crippen molar-refractivity contribution in [1.29, 1.82) is 0 Å². The molecular weight excluding hydrogens is 383 g/mol. The van der Waals surface area contributed by atoms with E-state index in [-0.39, 0.29) is 5.43 Å². The lowest BCUT2D eigenvalue weighted by Crippen LogP contribution is -2.47. The second kappa shape index (κ2) is 7.37. The average molecular weight is 404 g/mol. The molecule has 6 heteroatoms. The van der Waals surface area contributed by atoms with Gasteiger partial charge in [0, 0.05) is 26.2 Å². The summed E-state index contributed by atoms with van der Waals surface area (Å²) in [4.78, 5) is 17.4. The van der Waals surface area contributed by atoms with Crippen LogP contribution in [0.15, 0.2) is 69.9 Å². The average Bonchev–Trinajstić information content (AvgIpc) is 2.80. The second-order valence-corrected chi connectivity index (χ2v) is 7.34. The van der Waals surface area contributed by atoms with E-state index in [4.69, 9.17) is 9.15 Å². The molecule has 0 aliphatic carbocycles. The molecule has 0 spiro atoms. The van der Waals surface area contributed by atoms with Gasteiger partial charge in [-0.05, 0) is 36.4 Å². The van der Waals surface area contributed by atoms with Gasteiger partial charge in [0.25, 0.3) is 0 Å². The first-order valence-electron chi connectivity index (χ1n) is 9.94. The normalized spacial score (nSPS) is 14.5. The summed E-state index contributed by atoms with van der Waals surface area (Å²) < 4.78 is 26.4. The number of hydrogen-bond acceptors (Lipinski definition) is 5. The van der Waals surface area contributed by atoms with Crippen LogP contribution in [0.3, 0.4) is 0 Å². The molecule has 0 unspecified atom stereocenters. The molecule has 5 nitrogen and oxygen atoms in total. The predicted molar refractivity (Wildman–Crippen MR) is 117 cm³/mol. The van der Waals surface area contributed by atoms with Crippen LogP contribution in [-0.4, -0.2) is 33.3 Å². The van der Waals surface area contributed by atoms with Crippen molar-refractivity contribution in [2.24, 2.45) is 0 Å². The van der Waals surface area contributed by atoms with E-state index in [0.717, 1.165) is 11.4 Å². The Bertz CT molecular complexity index is 1290. The van der Waals surface area contributed by atoms with Gasteiger partial charge in [-0.3, -0.25) is 4.79 Å². The number of methoxy groups -OCH3 is 1. The molecule has 4 aromatic rings. The lowest BCUT2D eigenvalue weighted by atomic mass is 10.1. The van der Waals surface area contributed by atoms with Crippen LogP contribution >= 0.6 is 0 Å². The number of nitrogens with zero attached hydrogens (tertiary/aromatic N) is 2. The smallest absolute Gasteiger partial charge is 0.202 e. The lowest BCUT2D eigenvalue weighted by molar-refractivity contribution is 0.413. The first-order chi connectivity index (χ1) is 14.7. The molecule has 1 fully saturated rings. The van der Waals surface area contributed by atoms with E-state index in [1.807, 2.05) is 35.2 Å². The summed E-state index contributed by atoms with van der Waals surface area (Å²) in [7, 11) is 1.66. The molecular formula is C24H21FN2O3. The van der Waals surface area contributed by atoms with Crippen molar-refractivity contribution in [2.45, 2.75) is 0 Å². The van der Waals surface area contributed by atoms with Gasteiger partial charge in [0.15, 0.2) is 0 Å². The van der Waals surface area contributed by atoms with Gasteiger partial charge in [-0.1, -0.05) is 24.3 Å². The Labute approximate surface area is 172 Å². The van der Waals surface area contributed by atoms with E-state index in [1.165, 1.54) is 12.1 Å². The number of anilines is 2. The molecule has 152 valence electrons.